The molecule has 1 saturated heterocycles. The van der Waals surface area contributed by atoms with Crippen LogP contribution in [0.1, 0.15) is 36.5 Å². The van der Waals surface area contributed by atoms with Gasteiger partial charge in [-0.2, -0.15) is 0 Å². The Morgan fingerprint density at radius 2 is 1.96 bits per heavy atom. The molecule has 2 N–H and O–H groups in total. The van der Waals surface area contributed by atoms with Crippen LogP contribution in [0.2, 0.25) is 0 Å². The van der Waals surface area contributed by atoms with E-state index in [0.29, 0.717) is 30.6 Å². The van der Waals surface area contributed by atoms with Crippen molar-refractivity contribution in [3.05, 3.63) is 46.9 Å². The minimum Gasteiger partial charge on any atom is -0.469 e. The van der Waals surface area contributed by atoms with Gasteiger partial charge < -0.3 is 15.4 Å². The van der Waals surface area contributed by atoms with Gasteiger partial charge in [-0.3, -0.25) is 14.4 Å². The third-order valence-electron chi connectivity index (χ3n) is 4.01. The fourth-order valence-electron chi connectivity index (χ4n) is 2.71. The summed E-state index contributed by atoms with van der Waals surface area (Å²) in [6.07, 6.45) is 3.80. The van der Waals surface area contributed by atoms with Gasteiger partial charge in [0, 0.05) is 29.6 Å². The number of carbonyl (C=O) groups excluding carboxylic acids is 3. The third kappa shape index (κ3) is 5.91. The Bertz CT molecular complexity index is 675. The van der Waals surface area contributed by atoms with Crippen molar-refractivity contribution in [2.75, 3.05) is 12.9 Å². The van der Waals surface area contributed by atoms with Gasteiger partial charge in [0.1, 0.15) is 0 Å². The minimum absolute atomic E-state index is 0.142. The lowest BCUT2D eigenvalue weighted by atomic mass is 10.1. The van der Waals surface area contributed by atoms with Gasteiger partial charge in [0.2, 0.25) is 5.91 Å². The van der Waals surface area contributed by atoms with Crippen molar-refractivity contribution in [1.82, 2.24) is 10.6 Å². The molecule has 1 heterocycles. The smallest absolute Gasteiger partial charge is 0.305 e. The Hall–Kier alpha value is -2.28. The summed E-state index contributed by atoms with van der Waals surface area (Å²) in [6.45, 7) is 1.47. The molecule has 1 aromatic carbocycles. The highest BCUT2D eigenvalue weighted by atomic mass is 32.2. The van der Waals surface area contributed by atoms with E-state index >= 15 is 0 Å². The highest BCUT2D eigenvalue weighted by Crippen LogP contribution is 2.32. The molecule has 0 spiro atoms. The summed E-state index contributed by atoms with van der Waals surface area (Å²) in [7, 11) is 1.38. The lowest BCUT2D eigenvalue weighted by molar-refractivity contribution is -0.140. The lowest BCUT2D eigenvalue weighted by Crippen LogP contribution is -2.50. The van der Waals surface area contributed by atoms with Crippen molar-refractivity contribution in [3.8, 4) is 0 Å². The van der Waals surface area contributed by atoms with Gasteiger partial charge in [-0.25, -0.2) is 0 Å². The monoisotopic (exact) mass is 376 g/mol. The number of methoxy groups -OCH3 is 1. The molecule has 7 heteroatoms. The summed E-state index contributed by atoms with van der Waals surface area (Å²) in [5.74, 6) is 0.163. The van der Waals surface area contributed by atoms with Gasteiger partial charge in [0.25, 0.3) is 5.91 Å². The zero-order chi connectivity index (χ0) is 18.9. The van der Waals surface area contributed by atoms with E-state index in [0.717, 1.165) is 4.91 Å². The van der Waals surface area contributed by atoms with Gasteiger partial charge in [0.15, 0.2) is 0 Å². The molecule has 0 saturated carbocycles. The molecule has 0 radical (unpaired) electrons. The Morgan fingerprint density at radius 1 is 1.23 bits per heavy atom. The highest BCUT2D eigenvalue weighted by Gasteiger charge is 2.34. The molecule has 0 unspecified atom stereocenters. The number of ether oxygens (including phenoxy) is 1. The molecular weight excluding hydrogens is 352 g/mol. The molecule has 2 amide bonds. The second kappa shape index (κ2) is 10.0. The summed E-state index contributed by atoms with van der Waals surface area (Å²) in [6, 6.07) is 8.58. The molecule has 1 aliphatic heterocycles. The zero-order valence-electron chi connectivity index (χ0n) is 15.0. The normalized spacial score (nSPS) is 20.6. The van der Waals surface area contributed by atoms with Crippen molar-refractivity contribution in [2.45, 2.75) is 38.3 Å². The molecule has 6 nitrogen and oxygen atoms in total. The molecule has 0 aliphatic carbocycles. The minimum atomic E-state index is -0.247. The van der Waals surface area contributed by atoms with Crippen LogP contribution < -0.4 is 10.6 Å². The molecule has 1 aliphatic rings. The molecule has 1 fully saturated rings. The number of nitrogens with one attached hydrogen (secondary N) is 2. The van der Waals surface area contributed by atoms with E-state index in [2.05, 4.69) is 15.4 Å². The van der Waals surface area contributed by atoms with Crippen LogP contribution in [0.25, 0.3) is 0 Å². The number of hydrogen-bond acceptors (Lipinski definition) is 5. The van der Waals surface area contributed by atoms with E-state index in [-0.39, 0.29) is 29.9 Å². The second-order valence-electron chi connectivity index (χ2n) is 6.01. The van der Waals surface area contributed by atoms with Crippen molar-refractivity contribution in [3.63, 3.8) is 0 Å². The number of esters is 1. The lowest BCUT2D eigenvalue weighted by Gasteiger charge is -2.22. The maximum absolute atomic E-state index is 12.4. The van der Waals surface area contributed by atoms with E-state index in [1.807, 2.05) is 24.3 Å². The largest absolute Gasteiger partial charge is 0.469 e. The van der Waals surface area contributed by atoms with Crippen LogP contribution >= 0.6 is 11.8 Å². The summed E-state index contributed by atoms with van der Waals surface area (Å²) in [5, 5.41) is 5.93. The van der Waals surface area contributed by atoms with E-state index in [1.54, 1.807) is 23.9 Å². The van der Waals surface area contributed by atoms with Crippen molar-refractivity contribution >= 4 is 29.5 Å². The molecular formula is C19H24N2O4S. The van der Waals surface area contributed by atoms with Gasteiger partial charge in [-0.15, -0.1) is 11.8 Å². The first-order valence-corrected chi connectivity index (χ1v) is 9.52. The number of unbranched alkanes of at least 4 members (excludes halogenated alkanes) is 1. The number of carbonyl (C=O) groups is 3. The van der Waals surface area contributed by atoms with Crippen molar-refractivity contribution in [2.24, 2.45) is 0 Å². The third-order valence-corrected chi connectivity index (χ3v) is 5.29. The van der Waals surface area contributed by atoms with Gasteiger partial charge >= 0.3 is 5.97 Å². The molecule has 1 aromatic rings. The number of amides is 2. The number of rotatable bonds is 7. The van der Waals surface area contributed by atoms with Crippen LogP contribution in [-0.2, 0) is 14.3 Å². The van der Waals surface area contributed by atoms with Gasteiger partial charge in [0.05, 0.1) is 19.2 Å². The fraction of sp³-hybridized carbons (Fsp3) is 0.421. The summed E-state index contributed by atoms with van der Waals surface area (Å²) >= 11 is 1.62. The molecule has 2 rings (SSSR count). The second-order valence-corrected chi connectivity index (χ2v) is 7.10. The molecule has 26 heavy (non-hydrogen) atoms. The fourth-order valence-corrected chi connectivity index (χ4v) is 3.99. The molecule has 2 atom stereocenters. The van der Waals surface area contributed by atoms with E-state index in [9.17, 15) is 14.4 Å². The Morgan fingerprint density at radius 3 is 2.62 bits per heavy atom. The number of benzene rings is 1. The first kappa shape index (κ1) is 20.0. The van der Waals surface area contributed by atoms with E-state index < -0.39 is 0 Å². The van der Waals surface area contributed by atoms with Crippen LogP contribution in [0.3, 0.4) is 0 Å². The van der Waals surface area contributed by atoms with Crippen LogP contribution in [0.15, 0.2) is 41.3 Å². The first-order valence-electron chi connectivity index (χ1n) is 8.54. The van der Waals surface area contributed by atoms with Crippen LogP contribution in [0.4, 0.5) is 0 Å². The number of thioether (sulfide) groups is 1. The first-order chi connectivity index (χ1) is 12.5. The Balaban J connectivity index is 1.99. The van der Waals surface area contributed by atoms with Crippen LogP contribution in [-0.4, -0.2) is 42.7 Å². The average molecular weight is 376 g/mol. The van der Waals surface area contributed by atoms with Gasteiger partial charge in [-0.1, -0.05) is 24.3 Å². The number of allylic oxidation sites excluding steroid dienone is 1. The number of hydrogen-bond donors (Lipinski definition) is 2. The summed E-state index contributed by atoms with van der Waals surface area (Å²) in [4.78, 5) is 36.2. The maximum atomic E-state index is 12.4. The Kier molecular flexibility index (Phi) is 7.72. The van der Waals surface area contributed by atoms with E-state index in [4.69, 9.17) is 0 Å². The van der Waals surface area contributed by atoms with Crippen molar-refractivity contribution in [1.29, 1.82) is 0 Å². The Labute approximate surface area is 157 Å². The molecule has 140 valence electrons. The van der Waals surface area contributed by atoms with Crippen molar-refractivity contribution < 1.29 is 19.1 Å². The standard InChI is InChI=1S/C19H24N2O4S/c1-13(22)20-18-15(21-19(24)14-8-4-3-5-9-14)12-26-16(18)10-6-7-11-17(23)25-2/h3-5,8-10,15,18H,6-7,11-12H2,1-2H3,(H,20,22)(H,21,24)/b16-10-/t15-,18+/m0/s1. The van der Waals surface area contributed by atoms with Crippen LogP contribution in [0.5, 0.6) is 0 Å². The molecule has 0 aromatic heterocycles. The predicted octanol–water partition coefficient (Wildman–Crippen LogP) is 2.26. The SMILES string of the molecule is COC(=O)CCC/C=C1\SC[C@H](NC(=O)c2ccccc2)[C@H]1NC(C)=O. The zero-order valence-corrected chi connectivity index (χ0v) is 15.8. The predicted molar refractivity (Wildman–Crippen MR) is 102 cm³/mol. The van der Waals surface area contributed by atoms with Gasteiger partial charge in [-0.05, 0) is 25.0 Å². The molecule has 0 bridgehead atoms. The summed E-state index contributed by atoms with van der Waals surface area (Å²) < 4.78 is 4.63. The topological polar surface area (TPSA) is 84.5 Å². The summed E-state index contributed by atoms with van der Waals surface area (Å²) in [5.41, 5.74) is 0.592. The van der Waals surface area contributed by atoms with E-state index in [1.165, 1.54) is 14.0 Å². The quantitative estimate of drug-likeness (QED) is 0.563. The maximum Gasteiger partial charge on any atom is 0.305 e. The highest BCUT2D eigenvalue weighted by molar-refractivity contribution is 8.03. The van der Waals surface area contributed by atoms with Crippen LogP contribution in [0, 0.1) is 0 Å². The average Bonchev–Trinajstić information content (AvgIpc) is 3.00.